The zero-order chi connectivity index (χ0) is 29.1. The maximum atomic E-state index is 13.3. The van der Waals surface area contributed by atoms with Crippen LogP contribution >= 0.6 is 0 Å². The van der Waals surface area contributed by atoms with Crippen LogP contribution in [0.3, 0.4) is 0 Å². The predicted octanol–water partition coefficient (Wildman–Crippen LogP) is -2.19. The average Bonchev–Trinajstić information content (AvgIpc) is 2.87. The van der Waals surface area contributed by atoms with Gasteiger partial charge in [0.1, 0.15) is 18.1 Å². The van der Waals surface area contributed by atoms with Gasteiger partial charge in [-0.15, -0.1) is 0 Å². The predicted molar refractivity (Wildman–Crippen MR) is 141 cm³/mol. The highest BCUT2D eigenvalue weighted by Crippen LogP contribution is 2.08. The van der Waals surface area contributed by atoms with Gasteiger partial charge in [0.25, 0.3) is 0 Å². The van der Waals surface area contributed by atoms with E-state index in [-0.39, 0.29) is 32.0 Å². The molecule has 6 amide bonds. The third-order valence-electron chi connectivity index (χ3n) is 6.10. The van der Waals surface area contributed by atoms with Crippen molar-refractivity contribution < 1.29 is 33.9 Å². The average molecular weight is 547 g/mol. The van der Waals surface area contributed by atoms with E-state index in [4.69, 9.17) is 0 Å². The van der Waals surface area contributed by atoms with E-state index in [1.54, 1.807) is 44.2 Å². The molecule has 13 nitrogen and oxygen atoms in total. The first-order chi connectivity index (χ1) is 18.4. The molecule has 1 saturated heterocycles. The van der Waals surface area contributed by atoms with Crippen molar-refractivity contribution in [1.82, 2.24) is 31.5 Å². The smallest absolute Gasteiger partial charge is 0.245 e. The number of aliphatic hydroxyl groups is 1. The Balaban J connectivity index is 2.39. The highest BCUT2D eigenvalue weighted by Gasteiger charge is 2.33. The number of benzene rings is 1. The summed E-state index contributed by atoms with van der Waals surface area (Å²) in [5, 5.41) is 23.0. The standard InChI is InChI=1S/C26H38N6O7/c1-15(2)22-26(39)29-19(12-18-8-6-5-7-9-18)24(37)31-23(16(3)33)25(38)27-10-11-32(14-20(35)30-22)21(36)13-28-17(4)34/h5-9,15-16,19,22-23,33H,10-14H2,1-4H3,(H,27,38)(H,28,34)(H,29,39)(H,30,35)(H,31,37)/t16-,19+,22-,23+/m1/s1. The lowest BCUT2D eigenvalue weighted by Crippen LogP contribution is -2.60. The van der Waals surface area contributed by atoms with E-state index in [0.717, 1.165) is 10.5 Å². The number of amides is 6. The lowest BCUT2D eigenvalue weighted by Gasteiger charge is -2.27. The van der Waals surface area contributed by atoms with E-state index in [1.807, 2.05) is 0 Å². The second-order valence-corrected chi connectivity index (χ2v) is 9.78. The molecule has 1 aliphatic heterocycles. The van der Waals surface area contributed by atoms with Crippen LogP contribution in [-0.2, 0) is 35.2 Å². The summed E-state index contributed by atoms with van der Waals surface area (Å²) in [6.45, 7) is 5.01. The number of nitrogens with one attached hydrogen (secondary N) is 5. The summed E-state index contributed by atoms with van der Waals surface area (Å²) in [5.41, 5.74) is 0.743. The van der Waals surface area contributed by atoms with Crippen molar-refractivity contribution in [2.24, 2.45) is 5.92 Å². The van der Waals surface area contributed by atoms with E-state index < -0.39 is 66.2 Å². The molecule has 2 rings (SSSR count). The molecule has 0 aliphatic carbocycles. The Bertz CT molecular complexity index is 1050. The molecule has 1 aromatic rings. The first-order valence-electron chi connectivity index (χ1n) is 12.8. The molecule has 0 radical (unpaired) electrons. The van der Waals surface area contributed by atoms with Crippen molar-refractivity contribution in [3.8, 4) is 0 Å². The Kier molecular flexibility index (Phi) is 11.9. The maximum Gasteiger partial charge on any atom is 0.245 e. The number of aliphatic hydroxyl groups excluding tert-OH is 1. The lowest BCUT2D eigenvalue weighted by atomic mass is 10.0. The summed E-state index contributed by atoms with van der Waals surface area (Å²) < 4.78 is 0. The van der Waals surface area contributed by atoms with Gasteiger partial charge in [0.05, 0.1) is 19.2 Å². The minimum Gasteiger partial charge on any atom is -0.391 e. The van der Waals surface area contributed by atoms with E-state index in [9.17, 15) is 33.9 Å². The largest absolute Gasteiger partial charge is 0.391 e. The number of rotatable bonds is 6. The highest BCUT2D eigenvalue weighted by atomic mass is 16.3. The molecule has 0 spiro atoms. The summed E-state index contributed by atoms with van der Waals surface area (Å²) in [6.07, 6.45) is -1.18. The van der Waals surface area contributed by atoms with Gasteiger partial charge in [0.15, 0.2) is 0 Å². The molecule has 214 valence electrons. The fourth-order valence-electron chi connectivity index (χ4n) is 3.93. The normalized spacial score (nSPS) is 22.4. The van der Waals surface area contributed by atoms with Gasteiger partial charge in [-0.1, -0.05) is 44.2 Å². The van der Waals surface area contributed by atoms with Crippen LogP contribution in [0.5, 0.6) is 0 Å². The van der Waals surface area contributed by atoms with Crippen molar-refractivity contribution in [3.05, 3.63) is 35.9 Å². The first-order valence-corrected chi connectivity index (χ1v) is 12.8. The third kappa shape index (κ3) is 10.0. The Morgan fingerprint density at radius 3 is 2.23 bits per heavy atom. The molecule has 1 aliphatic rings. The van der Waals surface area contributed by atoms with Crippen molar-refractivity contribution in [3.63, 3.8) is 0 Å². The number of nitrogens with zero attached hydrogens (tertiary/aromatic N) is 1. The molecule has 13 heteroatoms. The molecule has 1 aromatic carbocycles. The van der Waals surface area contributed by atoms with Crippen LogP contribution in [0.4, 0.5) is 0 Å². The Morgan fingerprint density at radius 2 is 1.64 bits per heavy atom. The van der Waals surface area contributed by atoms with Crippen LogP contribution in [0.1, 0.15) is 33.3 Å². The second kappa shape index (κ2) is 14.8. The van der Waals surface area contributed by atoms with Gasteiger partial charge in [-0.25, -0.2) is 0 Å². The quantitative estimate of drug-likeness (QED) is 0.234. The van der Waals surface area contributed by atoms with E-state index in [2.05, 4.69) is 26.6 Å². The Morgan fingerprint density at radius 1 is 0.974 bits per heavy atom. The molecule has 4 atom stereocenters. The lowest BCUT2D eigenvalue weighted by molar-refractivity contribution is -0.137. The van der Waals surface area contributed by atoms with Gasteiger partial charge in [-0.2, -0.15) is 0 Å². The van der Waals surface area contributed by atoms with Crippen LogP contribution < -0.4 is 26.6 Å². The molecule has 1 fully saturated rings. The van der Waals surface area contributed by atoms with Crippen LogP contribution in [0, 0.1) is 5.92 Å². The van der Waals surface area contributed by atoms with Crippen molar-refractivity contribution in [2.45, 2.75) is 58.3 Å². The van der Waals surface area contributed by atoms with Crippen LogP contribution in [0.25, 0.3) is 0 Å². The molecule has 0 saturated carbocycles. The van der Waals surface area contributed by atoms with Gasteiger partial charge in [-0.3, -0.25) is 28.8 Å². The van der Waals surface area contributed by atoms with Crippen LogP contribution in [0.2, 0.25) is 0 Å². The first kappa shape index (κ1) is 31.2. The van der Waals surface area contributed by atoms with E-state index >= 15 is 0 Å². The zero-order valence-corrected chi connectivity index (χ0v) is 22.7. The molecule has 1 heterocycles. The molecular formula is C26H38N6O7. The Hall–Kier alpha value is -4.00. The minimum absolute atomic E-state index is 0.0940. The van der Waals surface area contributed by atoms with Crippen LogP contribution in [-0.4, -0.2) is 95.9 Å². The molecule has 6 N–H and O–H groups in total. The fourth-order valence-corrected chi connectivity index (χ4v) is 3.93. The van der Waals surface area contributed by atoms with Crippen molar-refractivity contribution in [1.29, 1.82) is 0 Å². The number of carbonyl (C=O) groups excluding carboxylic acids is 6. The van der Waals surface area contributed by atoms with Crippen molar-refractivity contribution >= 4 is 35.4 Å². The monoisotopic (exact) mass is 546 g/mol. The SMILES string of the molecule is CC(=O)NCC(=O)N1CCNC(=O)[C@H]([C@@H](C)O)NC(=O)[C@H](Cc2ccccc2)NC(=O)[C@@H](C(C)C)NC(=O)C1. The number of hydrogen-bond donors (Lipinski definition) is 6. The maximum absolute atomic E-state index is 13.3. The van der Waals surface area contributed by atoms with Gasteiger partial charge in [-0.05, 0) is 18.4 Å². The molecule has 39 heavy (non-hydrogen) atoms. The topological polar surface area (TPSA) is 186 Å². The summed E-state index contributed by atoms with van der Waals surface area (Å²) in [6, 6.07) is 5.43. The molecular weight excluding hydrogens is 508 g/mol. The van der Waals surface area contributed by atoms with Gasteiger partial charge < -0.3 is 36.6 Å². The van der Waals surface area contributed by atoms with E-state index in [0.29, 0.717) is 0 Å². The molecule has 0 unspecified atom stereocenters. The minimum atomic E-state index is -1.35. The molecule has 0 bridgehead atoms. The van der Waals surface area contributed by atoms with E-state index in [1.165, 1.54) is 13.8 Å². The Labute approximate surface area is 227 Å². The number of carbonyl (C=O) groups is 6. The zero-order valence-electron chi connectivity index (χ0n) is 22.7. The van der Waals surface area contributed by atoms with Gasteiger partial charge >= 0.3 is 0 Å². The third-order valence-corrected chi connectivity index (χ3v) is 6.10. The van der Waals surface area contributed by atoms with Gasteiger partial charge in [0, 0.05) is 26.4 Å². The summed E-state index contributed by atoms with van der Waals surface area (Å²) in [5.74, 6) is -4.04. The summed E-state index contributed by atoms with van der Waals surface area (Å²) in [7, 11) is 0. The summed E-state index contributed by atoms with van der Waals surface area (Å²) >= 11 is 0. The van der Waals surface area contributed by atoms with Crippen LogP contribution in [0.15, 0.2) is 30.3 Å². The highest BCUT2D eigenvalue weighted by molar-refractivity contribution is 5.95. The fraction of sp³-hybridized carbons (Fsp3) is 0.538. The van der Waals surface area contributed by atoms with Crippen molar-refractivity contribution in [2.75, 3.05) is 26.2 Å². The molecule has 0 aromatic heterocycles. The van der Waals surface area contributed by atoms with Gasteiger partial charge in [0.2, 0.25) is 35.4 Å². The number of hydrogen-bond acceptors (Lipinski definition) is 7. The summed E-state index contributed by atoms with van der Waals surface area (Å²) in [4.78, 5) is 77.4. The second-order valence-electron chi connectivity index (χ2n) is 9.78.